The fourth-order valence-electron chi connectivity index (χ4n) is 2.02. The van der Waals surface area contributed by atoms with Gasteiger partial charge in [-0.2, -0.15) is 0 Å². The SMILES string of the molecule is COC(=O)C(Cl)CNC(=O)C1Cc2ccccc21. The van der Waals surface area contributed by atoms with Crippen LogP contribution in [-0.2, 0) is 20.7 Å². The monoisotopic (exact) mass is 267 g/mol. The van der Waals surface area contributed by atoms with Crippen molar-refractivity contribution in [1.29, 1.82) is 0 Å². The number of hydrogen-bond donors (Lipinski definition) is 1. The average molecular weight is 268 g/mol. The molecule has 2 unspecified atom stereocenters. The van der Waals surface area contributed by atoms with Crippen LogP contribution in [0.3, 0.4) is 0 Å². The molecule has 0 saturated heterocycles. The van der Waals surface area contributed by atoms with Crippen LogP contribution in [0.5, 0.6) is 0 Å². The molecule has 0 radical (unpaired) electrons. The maximum absolute atomic E-state index is 11.9. The highest BCUT2D eigenvalue weighted by atomic mass is 35.5. The van der Waals surface area contributed by atoms with Crippen molar-refractivity contribution < 1.29 is 14.3 Å². The van der Waals surface area contributed by atoms with Crippen molar-refractivity contribution in [2.24, 2.45) is 0 Å². The van der Waals surface area contributed by atoms with Crippen LogP contribution >= 0.6 is 11.6 Å². The van der Waals surface area contributed by atoms with Gasteiger partial charge >= 0.3 is 5.97 Å². The molecule has 1 aromatic carbocycles. The molecule has 1 aliphatic carbocycles. The summed E-state index contributed by atoms with van der Waals surface area (Å²) in [6, 6.07) is 7.83. The van der Waals surface area contributed by atoms with Gasteiger partial charge in [0.2, 0.25) is 5.91 Å². The lowest BCUT2D eigenvalue weighted by molar-refractivity contribution is -0.140. The Labute approximate surface area is 110 Å². The highest BCUT2D eigenvalue weighted by molar-refractivity contribution is 6.30. The van der Waals surface area contributed by atoms with Gasteiger partial charge in [0.1, 0.15) is 5.38 Å². The number of carbonyl (C=O) groups is 2. The molecule has 1 amide bonds. The van der Waals surface area contributed by atoms with E-state index < -0.39 is 11.3 Å². The third-order valence-corrected chi connectivity index (χ3v) is 3.42. The molecule has 4 nitrogen and oxygen atoms in total. The van der Waals surface area contributed by atoms with Crippen LogP contribution in [0.4, 0.5) is 0 Å². The number of amides is 1. The summed E-state index contributed by atoms with van der Waals surface area (Å²) >= 11 is 5.75. The number of rotatable bonds is 4. The minimum absolute atomic E-state index is 0.0890. The molecule has 96 valence electrons. The Balaban J connectivity index is 1.86. The van der Waals surface area contributed by atoms with E-state index in [9.17, 15) is 9.59 Å². The number of esters is 1. The minimum atomic E-state index is -0.839. The first-order valence-corrected chi connectivity index (χ1v) is 6.14. The van der Waals surface area contributed by atoms with Gasteiger partial charge < -0.3 is 10.1 Å². The van der Waals surface area contributed by atoms with Crippen LogP contribution in [-0.4, -0.2) is 30.9 Å². The molecule has 1 N–H and O–H groups in total. The molecule has 18 heavy (non-hydrogen) atoms. The highest BCUT2D eigenvalue weighted by Gasteiger charge is 2.32. The number of fused-ring (bicyclic) bond motifs is 1. The highest BCUT2D eigenvalue weighted by Crippen LogP contribution is 2.34. The average Bonchev–Trinajstić information content (AvgIpc) is 2.36. The molecule has 0 fully saturated rings. The van der Waals surface area contributed by atoms with Crippen LogP contribution in [0.1, 0.15) is 17.0 Å². The van der Waals surface area contributed by atoms with Crippen LogP contribution in [0.2, 0.25) is 0 Å². The van der Waals surface area contributed by atoms with E-state index in [1.54, 1.807) is 0 Å². The van der Waals surface area contributed by atoms with Gasteiger partial charge in [0, 0.05) is 6.54 Å². The first-order chi connectivity index (χ1) is 8.63. The van der Waals surface area contributed by atoms with E-state index in [-0.39, 0.29) is 18.4 Å². The Bertz CT molecular complexity index is 475. The molecule has 1 aliphatic rings. The van der Waals surface area contributed by atoms with E-state index in [1.165, 1.54) is 12.7 Å². The number of benzene rings is 1. The summed E-state index contributed by atoms with van der Waals surface area (Å²) in [7, 11) is 1.27. The Morgan fingerprint density at radius 1 is 1.50 bits per heavy atom. The number of methoxy groups -OCH3 is 1. The third kappa shape index (κ3) is 2.48. The third-order valence-electron chi connectivity index (χ3n) is 3.08. The quantitative estimate of drug-likeness (QED) is 0.659. The maximum atomic E-state index is 11.9. The molecule has 0 aromatic heterocycles. The summed E-state index contributed by atoms with van der Waals surface area (Å²) in [5.74, 6) is -0.753. The van der Waals surface area contributed by atoms with Crippen molar-refractivity contribution in [2.45, 2.75) is 17.7 Å². The Hall–Kier alpha value is -1.55. The second kappa shape index (κ2) is 5.40. The van der Waals surface area contributed by atoms with Gasteiger partial charge in [0.25, 0.3) is 0 Å². The summed E-state index contributed by atoms with van der Waals surface area (Å²) < 4.78 is 4.48. The molecule has 1 aromatic rings. The van der Waals surface area contributed by atoms with Gasteiger partial charge in [-0.15, -0.1) is 11.6 Å². The van der Waals surface area contributed by atoms with E-state index in [4.69, 9.17) is 11.6 Å². The summed E-state index contributed by atoms with van der Waals surface area (Å²) in [4.78, 5) is 23.0. The standard InChI is InChI=1S/C13H14ClNO3/c1-18-13(17)11(14)7-15-12(16)10-6-8-4-2-3-5-9(8)10/h2-5,10-11H,6-7H2,1H3,(H,15,16). The van der Waals surface area contributed by atoms with Gasteiger partial charge in [0.05, 0.1) is 13.0 Å². The van der Waals surface area contributed by atoms with Gasteiger partial charge in [-0.05, 0) is 17.5 Å². The zero-order valence-electron chi connectivity index (χ0n) is 9.98. The lowest BCUT2D eigenvalue weighted by atomic mass is 9.77. The number of nitrogens with one attached hydrogen (secondary N) is 1. The summed E-state index contributed by atoms with van der Waals surface area (Å²) in [6.07, 6.45) is 0.743. The van der Waals surface area contributed by atoms with E-state index >= 15 is 0 Å². The number of ether oxygens (including phenoxy) is 1. The maximum Gasteiger partial charge on any atom is 0.325 e. The zero-order chi connectivity index (χ0) is 13.1. The van der Waals surface area contributed by atoms with Crippen molar-refractivity contribution >= 4 is 23.5 Å². The molecule has 0 saturated carbocycles. The van der Waals surface area contributed by atoms with E-state index in [1.807, 2.05) is 24.3 Å². The minimum Gasteiger partial charge on any atom is -0.468 e. The van der Waals surface area contributed by atoms with Crippen LogP contribution in [0, 0.1) is 0 Å². The molecule has 0 aliphatic heterocycles. The summed E-state index contributed by atoms with van der Waals surface area (Å²) in [5.41, 5.74) is 2.26. The molecular formula is C13H14ClNO3. The van der Waals surface area contributed by atoms with Crippen molar-refractivity contribution in [3.8, 4) is 0 Å². The fourth-order valence-corrected chi connectivity index (χ4v) is 2.18. The Morgan fingerprint density at radius 2 is 2.22 bits per heavy atom. The summed E-state index contributed by atoms with van der Waals surface area (Å²) in [5, 5.41) is 1.83. The predicted octanol–water partition coefficient (Wildman–Crippen LogP) is 1.22. The van der Waals surface area contributed by atoms with Gasteiger partial charge in [0.15, 0.2) is 0 Å². The molecular weight excluding hydrogens is 254 g/mol. The molecule has 5 heteroatoms. The lowest BCUT2D eigenvalue weighted by Gasteiger charge is -2.29. The fraction of sp³-hybridized carbons (Fsp3) is 0.385. The Kier molecular flexibility index (Phi) is 3.87. The van der Waals surface area contributed by atoms with Crippen molar-refractivity contribution in [1.82, 2.24) is 5.32 Å². The second-order valence-corrected chi connectivity index (χ2v) is 4.72. The largest absolute Gasteiger partial charge is 0.468 e. The molecule has 2 atom stereocenters. The molecule has 0 spiro atoms. The van der Waals surface area contributed by atoms with Crippen LogP contribution in [0.15, 0.2) is 24.3 Å². The van der Waals surface area contributed by atoms with Crippen LogP contribution in [0.25, 0.3) is 0 Å². The predicted molar refractivity (Wildman–Crippen MR) is 67.6 cm³/mol. The lowest BCUT2D eigenvalue weighted by Crippen LogP contribution is -2.40. The smallest absolute Gasteiger partial charge is 0.325 e. The van der Waals surface area contributed by atoms with Gasteiger partial charge in [-0.25, -0.2) is 0 Å². The molecule has 2 rings (SSSR count). The van der Waals surface area contributed by atoms with Crippen LogP contribution < -0.4 is 5.32 Å². The number of alkyl halides is 1. The van der Waals surface area contributed by atoms with Gasteiger partial charge in [-0.3, -0.25) is 9.59 Å². The Morgan fingerprint density at radius 3 is 2.89 bits per heavy atom. The van der Waals surface area contributed by atoms with E-state index in [0.29, 0.717) is 0 Å². The van der Waals surface area contributed by atoms with E-state index in [2.05, 4.69) is 10.1 Å². The number of halogens is 1. The second-order valence-electron chi connectivity index (χ2n) is 4.19. The molecule has 0 bridgehead atoms. The van der Waals surface area contributed by atoms with Gasteiger partial charge in [-0.1, -0.05) is 24.3 Å². The number of carbonyl (C=O) groups excluding carboxylic acids is 2. The number of hydrogen-bond acceptors (Lipinski definition) is 3. The zero-order valence-corrected chi connectivity index (χ0v) is 10.7. The summed E-state index contributed by atoms with van der Waals surface area (Å²) in [6.45, 7) is 0.0890. The normalized spacial score (nSPS) is 18.2. The first-order valence-electron chi connectivity index (χ1n) is 5.71. The van der Waals surface area contributed by atoms with Crippen molar-refractivity contribution in [3.63, 3.8) is 0 Å². The van der Waals surface area contributed by atoms with Crippen molar-refractivity contribution in [3.05, 3.63) is 35.4 Å². The van der Waals surface area contributed by atoms with Crippen molar-refractivity contribution in [2.75, 3.05) is 13.7 Å². The first kappa shape index (κ1) is 12.9. The van der Waals surface area contributed by atoms with E-state index in [0.717, 1.165) is 12.0 Å². The molecule has 0 heterocycles. The topological polar surface area (TPSA) is 55.4 Å².